The van der Waals surface area contributed by atoms with Crippen LogP contribution < -0.4 is 0 Å². The van der Waals surface area contributed by atoms with E-state index in [-0.39, 0.29) is 0 Å². The molecule has 0 fully saturated rings. The van der Waals surface area contributed by atoms with Crippen molar-refractivity contribution in [2.24, 2.45) is 0 Å². The molecule has 0 bridgehead atoms. The van der Waals surface area contributed by atoms with Crippen molar-refractivity contribution in [1.29, 1.82) is 0 Å². The van der Waals surface area contributed by atoms with Crippen LogP contribution in [0.1, 0.15) is 15.4 Å². The van der Waals surface area contributed by atoms with Gasteiger partial charge in [-0.25, -0.2) is 4.98 Å². The van der Waals surface area contributed by atoms with Crippen LogP contribution in [0.3, 0.4) is 0 Å². The summed E-state index contributed by atoms with van der Waals surface area (Å²) in [5.41, 5.74) is 0.444. The van der Waals surface area contributed by atoms with Gasteiger partial charge in [0, 0.05) is 0 Å². The monoisotopic (exact) mass is 351 g/mol. The van der Waals surface area contributed by atoms with Crippen molar-refractivity contribution in [1.82, 2.24) is 4.98 Å². The standard InChI is InChI=1S/C6H2Br2F3NOS/c7-5(8)3(13)2-4(6(9,10)11)14-1-12-2/h1,5H. The Bertz CT molecular complexity index is 349. The molecule has 14 heavy (non-hydrogen) atoms. The average Bonchev–Trinajstić information content (AvgIpc) is 2.48. The molecule has 0 amide bonds. The van der Waals surface area contributed by atoms with Crippen LogP contribution in [-0.4, -0.2) is 14.5 Å². The van der Waals surface area contributed by atoms with E-state index in [0.717, 1.165) is 5.51 Å². The lowest BCUT2D eigenvalue weighted by atomic mass is 10.3. The van der Waals surface area contributed by atoms with E-state index in [2.05, 4.69) is 36.8 Å². The van der Waals surface area contributed by atoms with Crippen LogP contribution in [-0.2, 0) is 6.18 Å². The molecular formula is C6H2Br2F3NOS. The number of hydrogen-bond acceptors (Lipinski definition) is 3. The normalized spacial score (nSPS) is 12.1. The first-order chi connectivity index (χ1) is 6.34. The summed E-state index contributed by atoms with van der Waals surface area (Å²) in [4.78, 5) is 13.6. The number of carbonyl (C=O) groups is 1. The Labute approximate surface area is 97.8 Å². The minimum atomic E-state index is -4.53. The first-order valence-corrected chi connectivity index (χ1v) is 5.88. The number of halogens is 5. The molecule has 1 aromatic heterocycles. The number of ketones is 1. The van der Waals surface area contributed by atoms with Crippen LogP contribution in [0.25, 0.3) is 0 Å². The van der Waals surface area contributed by atoms with Gasteiger partial charge in [0.2, 0.25) is 5.78 Å². The number of hydrogen-bond donors (Lipinski definition) is 0. The van der Waals surface area contributed by atoms with Crippen molar-refractivity contribution < 1.29 is 18.0 Å². The predicted octanol–water partition coefficient (Wildman–Crippen LogP) is 3.46. The van der Waals surface area contributed by atoms with E-state index in [1.807, 2.05) is 0 Å². The molecular weight excluding hydrogens is 351 g/mol. The van der Waals surface area contributed by atoms with Gasteiger partial charge in [0.25, 0.3) is 0 Å². The van der Waals surface area contributed by atoms with Gasteiger partial charge in [0.15, 0.2) is 0 Å². The molecule has 0 N–H and O–H groups in total. The fraction of sp³-hybridized carbons (Fsp3) is 0.333. The lowest BCUT2D eigenvalue weighted by Crippen LogP contribution is -2.14. The highest BCUT2D eigenvalue weighted by atomic mass is 79.9. The highest BCUT2D eigenvalue weighted by molar-refractivity contribution is 9.25. The van der Waals surface area contributed by atoms with Gasteiger partial charge in [-0.2, -0.15) is 13.2 Å². The first kappa shape index (κ1) is 12.1. The molecule has 0 saturated carbocycles. The fourth-order valence-corrected chi connectivity index (χ4v) is 1.82. The molecule has 2 nitrogen and oxygen atoms in total. The molecule has 1 aromatic rings. The molecule has 0 spiro atoms. The summed E-state index contributed by atoms with van der Waals surface area (Å²) >= 11 is 6.06. The zero-order chi connectivity index (χ0) is 10.9. The molecule has 0 unspecified atom stereocenters. The number of nitrogens with zero attached hydrogens (tertiary/aromatic N) is 1. The van der Waals surface area contributed by atoms with Crippen molar-refractivity contribution in [2.45, 2.75) is 9.91 Å². The number of Topliss-reactive ketones (excluding diaryl/α,β-unsaturated/α-hetero) is 1. The number of carbonyl (C=O) groups excluding carboxylic acids is 1. The van der Waals surface area contributed by atoms with Crippen LogP contribution >= 0.6 is 43.2 Å². The van der Waals surface area contributed by atoms with E-state index in [4.69, 9.17) is 0 Å². The Kier molecular flexibility index (Phi) is 3.70. The molecule has 1 rings (SSSR count). The molecule has 0 aliphatic carbocycles. The Morgan fingerprint density at radius 2 is 2.07 bits per heavy atom. The molecule has 1 heterocycles. The van der Waals surface area contributed by atoms with E-state index < -0.39 is 26.3 Å². The molecule has 0 aliphatic rings. The van der Waals surface area contributed by atoms with Gasteiger partial charge in [-0.3, -0.25) is 4.79 Å². The third-order valence-corrected chi connectivity index (χ3v) is 2.96. The Hall–Kier alpha value is 0.0500. The van der Waals surface area contributed by atoms with Gasteiger partial charge in [-0.05, 0) is 0 Å². The van der Waals surface area contributed by atoms with Gasteiger partial charge in [-0.15, -0.1) is 11.3 Å². The number of alkyl halides is 5. The van der Waals surface area contributed by atoms with Gasteiger partial charge >= 0.3 is 6.18 Å². The maximum Gasteiger partial charge on any atom is 0.427 e. The molecule has 0 aromatic carbocycles. The summed E-state index contributed by atoms with van der Waals surface area (Å²) in [6.45, 7) is 0. The van der Waals surface area contributed by atoms with Gasteiger partial charge in [-0.1, -0.05) is 31.9 Å². The summed E-state index contributed by atoms with van der Waals surface area (Å²) in [6.07, 6.45) is -4.53. The van der Waals surface area contributed by atoms with Crippen molar-refractivity contribution in [3.05, 3.63) is 16.1 Å². The fourth-order valence-electron chi connectivity index (χ4n) is 0.726. The maximum atomic E-state index is 12.3. The molecule has 0 radical (unpaired) electrons. The smallest absolute Gasteiger partial charge is 0.290 e. The van der Waals surface area contributed by atoms with Crippen LogP contribution in [0.5, 0.6) is 0 Å². The number of rotatable bonds is 2. The van der Waals surface area contributed by atoms with Crippen molar-refractivity contribution in [2.75, 3.05) is 0 Å². The van der Waals surface area contributed by atoms with Crippen molar-refractivity contribution in [3.8, 4) is 0 Å². The summed E-state index contributed by atoms with van der Waals surface area (Å²) in [5, 5.41) is 0. The van der Waals surface area contributed by atoms with Crippen molar-refractivity contribution >= 4 is 49.0 Å². The third-order valence-electron chi connectivity index (χ3n) is 1.26. The second-order valence-electron chi connectivity index (χ2n) is 2.19. The summed E-state index contributed by atoms with van der Waals surface area (Å²) < 4.78 is 36.0. The third kappa shape index (κ3) is 2.54. The minimum Gasteiger partial charge on any atom is -0.290 e. The van der Waals surface area contributed by atoms with E-state index in [1.165, 1.54) is 0 Å². The van der Waals surface area contributed by atoms with E-state index in [9.17, 15) is 18.0 Å². The van der Waals surface area contributed by atoms with Crippen LogP contribution in [0.4, 0.5) is 13.2 Å². The average molecular weight is 353 g/mol. The van der Waals surface area contributed by atoms with E-state index in [0.29, 0.717) is 11.3 Å². The molecule has 8 heteroatoms. The SMILES string of the molecule is O=C(c1ncsc1C(F)(F)F)C(Br)Br. The lowest BCUT2D eigenvalue weighted by molar-refractivity contribution is -0.134. The zero-order valence-electron chi connectivity index (χ0n) is 6.31. The van der Waals surface area contributed by atoms with Crippen LogP contribution in [0, 0.1) is 0 Å². The Morgan fingerprint density at radius 1 is 1.50 bits per heavy atom. The maximum absolute atomic E-state index is 12.3. The second-order valence-corrected chi connectivity index (χ2v) is 6.11. The molecule has 0 aliphatic heterocycles. The molecule has 0 atom stereocenters. The first-order valence-electron chi connectivity index (χ1n) is 3.17. The summed E-state index contributed by atoms with van der Waals surface area (Å²) in [5.74, 6) is -0.737. The highest BCUT2D eigenvalue weighted by Gasteiger charge is 2.38. The minimum absolute atomic E-state index is 0.404. The molecule has 0 saturated heterocycles. The quantitative estimate of drug-likeness (QED) is 0.602. The Morgan fingerprint density at radius 3 is 2.50 bits per heavy atom. The van der Waals surface area contributed by atoms with Gasteiger partial charge < -0.3 is 0 Å². The molecule has 78 valence electrons. The van der Waals surface area contributed by atoms with Crippen LogP contribution in [0.15, 0.2) is 5.51 Å². The number of aromatic nitrogens is 1. The summed E-state index contributed by atoms with van der Waals surface area (Å²) in [6, 6.07) is 0. The van der Waals surface area contributed by atoms with Gasteiger partial charge in [0.05, 0.1) is 5.51 Å². The van der Waals surface area contributed by atoms with E-state index >= 15 is 0 Å². The predicted molar refractivity (Wildman–Crippen MR) is 53.1 cm³/mol. The highest BCUT2D eigenvalue weighted by Crippen LogP contribution is 2.35. The lowest BCUT2D eigenvalue weighted by Gasteiger charge is -2.05. The topological polar surface area (TPSA) is 30.0 Å². The van der Waals surface area contributed by atoms with Crippen LogP contribution in [0.2, 0.25) is 0 Å². The Balaban J connectivity index is 3.12. The largest absolute Gasteiger partial charge is 0.427 e. The van der Waals surface area contributed by atoms with Crippen molar-refractivity contribution in [3.63, 3.8) is 0 Å². The number of thiazole rings is 1. The zero-order valence-corrected chi connectivity index (χ0v) is 10.3. The van der Waals surface area contributed by atoms with Gasteiger partial charge in [0.1, 0.15) is 14.3 Å². The summed E-state index contributed by atoms with van der Waals surface area (Å²) in [7, 11) is 0. The van der Waals surface area contributed by atoms with E-state index in [1.54, 1.807) is 0 Å². The second kappa shape index (κ2) is 4.28.